The van der Waals surface area contributed by atoms with Crippen molar-refractivity contribution in [2.75, 3.05) is 6.61 Å². The molecule has 0 fully saturated rings. The van der Waals surface area contributed by atoms with Gasteiger partial charge in [0.05, 0.1) is 5.69 Å². The lowest BCUT2D eigenvalue weighted by Gasteiger charge is -2.17. The molecule has 0 bridgehead atoms. The van der Waals surface area contributed by atoms with E-state index in [1.165, 1.54) is 11.1 Å². The average Bonchev–Trinajstić information content (AvgIpc) is 2.46. The molecule has 2 rings (SSSR count). The molecule has 1 N–H and O–H groups in total. The summed E-state index contributed by atoms with van der Waals surface area (Å²) < 4.78 is 0. The van der Waals surface area contributed by atoms with Crippen LogP contribution in [0.2, 0.25) is 0 Å². The van der Waals surface area contributed by atoms with Gasteiger partial charge in [0, 0.05) is 18.4 Å². The molecular weight excluding hydrogens is 222 g/mol. The van der Waals surface area contributed by atoms with E-state index in [-0.39, 0.29) is 6.61 Å². The lowest BCUT2D eigenvalue weighted by Crippen LogP contribution is -2.02. The van der Waals surface area contributed by atoms with Crippen LogP contribution < -0.4 is 0 Å². The molecule has 18 heavy (non-hydrogen) atoms. The highest BCUT2D eigenvalue weighted by molar-refractivity contribution is 5.64. The van der Waals surface area contributed by atoms with Crippen LogP contribution in [0, 0.1) is 0 Å². The molecule has 1 aromatic heterocycles. The molecule has 1 heterocycles. The fourth-order valence-electron chi connectivity index (χ4n) is 2.34. The summed E-state index contributed by atoms with van der Waals surface area (Å²) in [6, 6.07) is 14.3. The van der Waals surface area contributed by atoms with Gasteiger partial charge in [0.1, 0.15) is 0 Å². The smallest absolute Gasteiger partial charge is 0.0704 e. The fraction of sp³-hybridized carbons (Fsp3) is 0.312. The minimum Gasteiger partial charge on any atom is -0.396 e. The first-order chi connectivity index (χ1) is 8.86. The van der Waals surface area contributed by atoms with E-state index in [4.69, 9.17) is 0 Å². The Bertz CT molecular complexity index is 481. The van der Waals surface area contributed by atoms with Crippen LogP contribution in [0.15, 0.2) is 48.7 Å². The number of pyridine rings is 1. The van der Waals surface area contributed by atoms with E-state index in [9.17, 15) is 5.11 Å². The second-order valence-electron chi connectivity index (χ2n) is 4.42. The van der Waals surface area contributed by atoms with Crippen molar-refractivity contribution >= 4 is 0 Å². The van der Waals surface area contributed by atoms with Gasteiger partial charge >= 0.3 is 0 Å². The Morgan fingerprint density at radius 2 is 1.89 bits per heavy atom. The van der Waals surface area contributed by atoms with Gasteiger partial charge in [0.25, 0.3) is 0 Å². The normalized spacial score (nSPS) is 12.3. The van der Waals surface area contributed by atoms with Crippen LogP contribution in [0.4, 0.5) is 0 Å². The Hall–Kier alpha value is -1.67. The van der Waals surface area contributed by atoms with E-state index in [1.807, 2.05) is 30.5 Å². The van der Waals surface area contributed by atoms with Gasteiger partial charge in [-0.25, -0.2) is 0 Å². The summed E-state index contributed by atoms with van der Waals surface area (Å²) >= 11 is 0. The summed E-state index contributed by atoms with van der Waals surface area (Å²) in [5, 5.41) is 9.17. The quantitative estimate of drug-likeness (QED) is 0.867. The van der Waals surface area contributed by atoms with Crippen molar-refractivity contribution < 1.29 is 5.11 Å². The van der Waals surface area contributed by atoms with E-state index < -0.39 is 0 Å². The van der Waals surface area contributed by atoms with Crippen molar-refractivity contribution in [2.45, 2.75) is 25.7 Å². The molecule has 2 nitrogen and oxygen atoms in total. The molecule has 0 aliphatic rings. The second-order valence-corrected chi connectivity index (χ2v) is 4.42. The second kappa shape index (κ2) is 6.31. The number of aliphatic hydroxyl groups excluding tert-OH is 1. The molecule has 94 valence electrons. The van der Waals surface area contributed by atoms with Crippen LogP contribution in [0.5, 0.6) is 0 Å². The maximum absolute atomic E-state index is 9.17. The first-order valence-electron chi connectivity index (χ1n) is 6.48. The third-order valence-corrected chi connectivity index (χ3v) is 3.31. The lowest BCUT2D eigenvalue weighted by molar-refractivity contribution is 0.274. The van der Waals surface area contributed by atoms with E-state index >= 15 is 0 Å². The van der Waals surface area contributed by atoms with Crippen LogP contribution in [-0.4, -0.2) is 16.7 Å². The first kappa shape index (κ1) is 12.8. The Morgan fingerprint density at radius 1 is 1.11 bits per heavy atom. The van der Waals surface area contributed by atoms with Crippen molar-refractivity contribution in [3.63, 3.8) is 0 Å². The zero-order chi connectivity index (χ0) is 12.8. The lowest BCUT2D eigenvalue weighted by atomic mass is 9.88. The molecule has 2 heteroatoms. The molecule has 1 atom stereocenters. The fourth-order valence-corrected chi connectivity index (χ4v) is 2.34. The summed E-state index contributed by atoms with van der Waals surface area (Å²) in [4.78, 5) is 4.42. The van der Waals surface area contributed by atoms with Crippen LogP contribution in [0.3, 0.4) is 0 Å². The van der Waals surface area contributed by atoms with Gasteiger partial charge in [-0.15, -0.1) is 0 Å². The molecule has 1 unspecified atom stereocenters. The van der Waals surface area contributed by atoms with Crippen LogP contribution in [-0.2, 0) is 0 Å². The predicted octanol–water partition coefficient (Wildman–Crippen LogP) is 3.62. The van der Waals surface area contributed by atoms with Gasteiger partial charge in [-0.1, -0.05) is 37.3 Å². The van der Waals surface area contributed by atoms with Crippen molar-refractivity contribution in [3.8, 4) is 11.3 Å². The van der Waals surface area contributed by atoms with E-state index in [2.05, 4.69) is 30.1 Å². The van der Waals surface area contributed by atoms with Crippen LogP contribution in [0.1, 0.15) is 31.2 Å². The van der Waals surface area contributed by atoms with E-state index in [1.54, 1.807) is 0 Å². The van der Waals surface area contributed by atoms with Crippen molar-refractivity contribution in [1.29, 1.82) is 0 Å². The van der Waals surface area contributed by atoms with Crippen molar-refractivity contribution in [1.82, 2.24) is 4.98 Å². The largest absolute Gasteiger partial charge is 0.396 e. The summed E-state index contributed by atoms with van der Waals surface area (Å²) in [5.41, 5.74) is 3.47. The SMILES string of the molecule is CCC(CCO)c1ccccc1-c1ccccn1. The highest BCUT2D eigenvalue weighted by atomic mass is 16.3. The molecular formula is C16H19NO. The van der Waals surface area contributed by atoms with Crippen molar-refractivity contribution in [2.24, 2.45) is 0 Å². The Kier molecular flexibility index (Phi) is 4.48. The zero-order valence-corrected chi connectivity index (χ0v) is 10.7. The molecule has 0 saturated heterocycles. The third-order valence-electron chi connectivity index (χ3n) is 3.31. The van der Waals surface area contributed by atoms with Gasteiger partial charge in [-0.05, 0) is 36.5 Å². The number of benzene rings is 1. The van der Waals surface area contributed by atoms with Crippen molar-refractivity contribution in [3.05, 3.63) is 54.2 Å². The summed E-state index contributed by atoms with van der Waals surface area (Å²) in [5.74, 6) is 0.396. The van der Waals surface area contributed by atoms with Gasteiger partial charge in [0.2, 0.25) is 0 Å². The average molecular weight is 241 g/mol. The van der Waals surface area contributed by atoms with Crippen LogP contribution in [0.25, 0.3) is 11.3 Å². The number of aromatic nitrogens is 1. The number of hydrogen-bond acceptors (Lipinski definition) is 2. The monoisotopic (exact) mass is 241 g/mol. The predicted molar refractivity (Wildman–Crippen MR) is 74.4 cm³/mol. The summed E-state index contributed by atoms with van der Waals surface area (Å²) in [6.07, 6.45) is 3.66. The highest BCUT2D eigenvalue weighted by Crippen LogP contribution is 2.31. The summed E-state index contributed by atoms with van der Waals surface area (Å²) in [6.45, 7) is 2.39. The topological polar surface area (TPSA) is 33.1 Å². The molecule has 0 radical (unpaired) electrons. The number of hydrogen-bond donors (Lipinski definition) is 1. The molecule has 0 aliphatic heterocycles. The number of rotatable bonds is 5. The van der Waals surface area contributed by atoms with Gasteiger partial charge in [0.15, 0.2) is 0 Å². The van der Waals surface area contributed by atoms with Gasteiger partial charge < -0.3 is 5.11 Å². The molecule has 0 amide bonds. The molecule has 2 aromatic rings. The van der Waals surface area contributed by atoms with Gasteiger partial charge in [-0.3, -0.25) is 4.98 Å². The minimum absolute atomic E-state index is 0.231. The molecule has 1 aromatic carbocycles. The Morgan fingerprint density at radius 3 is 2.56 bits per heavy atom. The number of nitrogens with zero attached hydrogens (tertiary/aromatic N) is 1. The first-order valence-corrected chi connectivity index (χ1v) is 6.48. The standard InChI is InChI=1S/C16H19NO/c1-2-13(10-12-18)14-7-3-4-8-15(14)16-9-5-6-11-17-16/h3-9,11,13,18H,2,10,12H2,1H3. The summed E-state index contributed by atoms with van der Waals surface area (Å²) in [7, 11) is 0. The highest BCUT2D eigenvalue weighted by Gasteiger charge is 2.14. The molecule has 0 spiro atoms. The molecule has 0 saturated carbocycles. The Labute approximate surface area is 108 Å². The minimum atomic E-state index is 0.231. The van der Waals surface area contributed by atoms with E-state index in [0.717, 1.165) is 18.5 Å². The maximum atomic E-state index is 9.17. The maximum Gasteiger partial charge on any atom is 0.0704 e. The van der Waals surface area contributed by atoms with Gasteiger partial charge in [-0.2, -0.15) is 0 Å². The zero-order valence-electron chi connectivity index (χ0n) is 10.7. The molecule has 0 aliphatic carbocycles. The third kappa shape index (κ3) is 2.77. The van der Waals surface area contributed by atoms with Crippen LogP contribution >= 0.6 is 0 Å². The Balaban J connectivity index is 2.42. The van der Waals surface area contributed by atoms with E-state index in [0.29, 0.717) is 5.92 Å². The number of aliphatic hydroxyl groups is 1.